The number of carbonyl (C=O) groups excluding carboxylic acids is 2. The molecule has 0 aliphatic carbocycles. The minimum absolute atomic E-state index is 0. The summed E-state index contributed by atoms with van der Waals surface area (Å²) in [6, 6.07) is 152. The second kappa shape index (κ2) is 66.3. The van der Waals surface area contributed by atoms with Gasteiger partial charge in [0.15, 0.2) is 0 Å². The third-order valence-corrected chi connectivity index (χ3v) is 31.2. The van der Waals surface area contributed by atoms with E-state index in [0.717, 1.165) is 91.5 Å². The van der Waals surface area contributed by atoms with Gasteiger partial charge >= 0.3 is 65.5 Å². The molecule has 12 aromatic heterocycles. The molecule has 30 heteroatoms. The van der Waals surface area contributed by atoms with Crippen LogP contribution in [0.4, 0.5) is 13.2 Å². The fourth-order valence-corrected chi connectivity index (χ4v) is 22.5. The van der Waals surface area contributed by atoms with Crippen LogP contribution in [0.2, 0.25) is 0 Å². The van der Waals surface area contributed by atoms with Crippen molar-refractivity contribution in [2.24, 2.45) is 0 Å². The zero-order chi connectivity index (χ0) is 102. The average molecular weight is 2560 g/mol. The first kappa shape index (κ1) is 118. The van der Waals surface area contributed by atoms with Gasteiger partial charge in [-0.05, 0) is 235 Å². The van der Waals surface area contributed by atoms with E-state index >= 15 is 0 Å². The van der Waals surface area contributed by atoms with E-state index in [4.69, 9.17) is 9.59 Å². The predicted molar refractivity (Wildman–Crippen MR) is 593 cm³/mol. The van der Waals surface area contributed by atoms with Crippen LogP contribution in [-0.4, -0.2) is 87.4 Å². The van der Waals surface area contributed by atoms with E-state index in [-0.39, 0.29) is 65.1 Å². The number of benzene rings is 10. The maximum Gasteiger partial charge on any atom is 4.00 e. The van der Waals surface area contributed by atoms with Crippen LogP contribution in [0, 0.1) is 34.6 Å². The fraction of sp³-hybridized carbons (Fsp3) is 0.0678. The van der Waals surface area contributed by atoms with Gasteiger partial charge in [0.25, 0.3) is 0 Å². The van der Waals surface area contributed by atoms with E-state index in [1.54, 1.807) is 49.2 Å². The molecule has 148 heavy (non-hydrogen) atoms. The van der Waals surface area contributed by atoms with Crippen molar-refractivity contribution in [1.82, 2.24) is 91.1 Å². The minimum atomic E-state index is -4.46. The number of aromatic nitrogens is 18. The Morgan fingerprint density at radius 3 is 0.480 bits per heavy atom. The molecule has 0 saturated heterocycles. The molecule has 0 amide bonds. The second-order valence-corrected chi connectivity index (χ2v) is 41.2. The van der Waals surface area contributed by atoms with Gasteiger partial charge in [-0.3, -0.25) is 43.5 Å². The summed E-state index contributed by atoms with van der Waals surface area (Å²) in [6.45, 7) is 20.8. The Labute approximate surface area is 906 Å². The monoisotopic (exact) mass is 2560 g/mol. The Bertz CT molecular complexity index is 6320. The summed E-state index contributed by atoms with van der Waals surface area (Å²) in [5, 5.41) is 60.4. The quantitative estimate of drug-likeness (QED) is 0.0494. The van der Waals surface area contributed by atoms with Crippen LogP contribution >= 0.6 is 31.7 Å². The van der Waals surface area contributed by atoms with Gasteiger partial charge < -0.3 is 70.8 Å². The molecule has 22 rings (SSSR count). The first-order chi connectivity index (χ1) is 71.0. The molecular formula is C118H107F3N18O2Os3P4+4. The SMILES string of the molecule is C[PH+](c1ccccc1)c1ccccc1.C[PH+](c1ccccc1)c1ccccc1.Cc1cc(-c2ccccn2)[n-]n1.Cc1cc(-c2ccccn2)[n-]n1.Cc1cc(-c2ccccn2)[n-]n1.Cc1cc(-c2ccccn2)[n-]n1.Cc1cc(-c2ccccn2)[n-]n1.FC(F)(F)c1cc(-c2ccccn2)[n-]n1.[CH-]=O.[CH-]=O.[Os+2].[Os+2].[Os+4].c1ccc([PH+](c2ccccc2)c2ccccc2)cc1.c1ccc([PH+](c2ccccc2)c2ccccc2)cc1. The molecule has 22 aromatic rings. The number of rotatable bonds is 16. The van der Waals surface area contributed by atoms with Gasteiger partial charge in [-0.2, -0.15) is 13.2 Å². The van der Waals surface area contributed by atoms with Crippen LogP contribution in [0.3, 0.4) is 0 Å². The number of hydrogen-bond donors (Lipinski definition) is 0. The van der Waals surface area contributed by atoms with Crippen molar-refractivity contribution < 1.29 is 82.1 Å². The second-order valence-electron chi connectivity index (χ2n) is 31.4. The molecule has 0 bridgehead atoms. The molecule has 0 radical (unpaired) electrons. The van der Waals surface area contributed by atoms with Crippen molar-refractivity contribution in [2.45, 2.75) is 40.8 Å². The smallest absolute Gasteiger partial charge is 0.574 e. The Morgan fingerprint density at radius 1 is 0.209 bits per heavy atom. The average Bonchev–Trinajstić information content (AvgIpc) is 1.44. The number of hydrogen-bond acceptors (Lipinski definition) is 14. The van der Waals surface area contributed by atoms with Crippen molar-refractivity contribution in [3.8, 4) is 68.3 Å². The van der Waals surface area contributed by atoms with Gasteiger partial charge in [0.05, 0.1) is 66.2 Å². The van der Waals surface area contributed by atoms with Gasteiger partial charge in [-0.1, -0.05) is 283 Å². The molecule has 0 aliphatic rings. The molecule has 742 valence electrons. The van der Waals surface area contributed by atoms with Crippen LogP contribution < -0.4 is 83.6 Å². The molecule has 0 N–H and O–H groups in total. The summed E-state index contributed by atoms with van der Waals surface area (Å²) in [4.78, 5) is 40.2. The molecule has 0 saturated carbocycles. The summed E-state index contributed by atoms with van der Waals surface area (Å²) in [5.41, 5.74) is 12.7. The van der Waals surface area contributed by atoms with Crippen molar-refractivity contribution in [2.75, 3.05) is 13.3 Å². The first-order valence-electron chi connectivity index (χ1n) is 45.9. The van der Waals surface area contributed by atoms with Gasteiger partial charge in [-0.15, -0.1) is 0 Å². The molecule has 20 nitrogen and oxygen atoms in total. The van der Waals surface area contributed by atoms with Crippen LogP contribution in [0.15, 0.2) is 486 Å². The maximum atomic E-state index is 12.2. The number of nitrogens with zero attached hydrogens (tertiary/aromatic N) is 18. The van der Waals surface area contributed by atoms with Gasteiger partial charge in [-0.25, -0.2) is 0 Å². The van der Waals surface area contributed by atoms with E-state index in [9.17, 15) is 13.2 Å². The zero-order valence-electron chi connectivity index (χ0n) is 81.9. The Balaban J connectivity index is 0.000000200. The Hall–Kier alpha value is -14.9. The molecule has 0 aliphatic heterocycles. The molecule has 0 atom stereocenters. The normalized spacial score (nSPS) is 10.0. The number of alkyl halides is 3. The first-order valence-corrected chi connectivity index (χ1v) is 52.9. The van der Waals surface area contributed by atoms with Gasteiger partial charge in [0.1, 0.15) is 37.5 Å². The van der Waals surface area contributed by atoms with Crippen molar-refractivity contribution >= 4 is 98.3 Å². The number of pyridine rings is 6. The predicted octanol–water partition coefficient (Wildman–Crippen LogP) is 19.9. The third-order valence-electron chi connectivity index (χ3n) is 20.9. The van der Waals surface area contributed by atoms with Gasteiger partial charge in [0, 0.05) is 99.8 Å². The summed E-state index contributed by atoms with van der Waals surface area (Å²) >= 11 is 0. The molecule has 0 spiro atoms. The van der Waals surface area contributed by atoms with E-state index in [1.165, 1.54) is 59.2 Å². The molecule has 0 unspecified atom stereocenters. The van der Waals surface area contributed by atoms with Crippen molar-refractivity contribution in [3.05, 3.63) is 520 Å². The zero-order valence-corrected chi connectivity index (χ0v) is 93.5. The van der Waals surface area contributed by atoms with Gasteiger partial charge in [0.2, 0.25) is 0 Å². The van der Waals surface area contributed by atoms with Crippen LogP contribution in [0.25, 0.3) is 68.3 Å². The van der Waals surface area contributed by atoms with Crippen molar-refractivity contribution in [1.29, 1.82) is 0 Å². The molecule has 12 heterocycles. The molecule has 10 aromatic carbocycles. The summed E-state index contributed by atoms with van der Waals surface area (Å²) in [7, 11) is -2.84. The largest absolute Gasteiger partial charge is 4.00 e. The van der Waals surface area contributed by atoms with E-state index < -0.39 is 43.6 Å². The molecule has 0 fully saturated rings. The maximum absolute atomic E-state index is 12.2. The summed E-state index contributed by atoms with van der Waals surface area (Å²) in [6.07, 6.45) is 5.77. The van der Waals surface area contributed by atoms with Crippen molar-refractivity contribution in [3.63, 3.8) is 0 Å². The number of halogens is 3. The summed E-state index contributed by atoms with van der Waals surface area (Å²) in [5.74, 6) is 0. The summed E-state index contributed by atoms with van der Waals surface area (Å²) < 4.78 is 36.6. The topological polar surface area (TPSA) is 273 Å². The standard InChI is InChI=1S/2C18H15P.2C13H13P.C9H5F3N3.5C9H8N3.2CHO.3Os/c2*1-4-10-16(11-5-1)19(17-12-6-2-7-13-17)18-14-8-3-9-15-18;2*1-14(12-8-4-2-5-9-12)13-10-6-3-7-11-13;10-9(11,12)8-5-7(14-15-8)6-3-1-2-4-13-6;5*1-7-6-9(12-11-7)8-4-2-3-5-10-8;2*1-2;;;/h2*1-15H;2*2-11H,1H3;1-5H;5*2-6H,1H3;2*1H;;;/q;;;;8*-1;2*+2;+4/p+4. The fourth-order valence-electron chi connectivity index (χ4n) is 13.9. The number of aryl methyl sites for hydroxylation is 5. The Morgan fingerprint density at radius 2 is 0.351 bits per heavy atom. The van der Waals surface area contributed by atoms with E-state index in [0.29, 0.717) is 5.69 Å². The van der Waals surface area contributed by atoms with Crippen LogP contribution in [0.5, 0.6) is 0 Å². The van der Waals surface area contributed by atoms with E-state index in [1.807, 2.05) is 156 Å². The molecular weight excluding hydrogens is 2450 g/mol. The van der Waals surface area contributed by atoms with Crippen LogP contribution in [-0.2, 0) is 75.1 Å². The minimum Gasteiger partial charge on any atom is -0.574 e. The third kappa shape index (κ3) is 39.5. The van der Waals surface area contributed by atoms with E-state index in [2.05, 4.69) is 421 Å². The van der Waals surface area contributed by atoms with Crippen LogP contribution in [0.1, 0.15) is 34.2 Å². The Kier molecular flexibility index (Phi) is 53.0.